The van der Waals surface area contributed by atoms with Crippen LogP contribution in [0.15, 0.2) is 42.5 Å². The molecule has 0 aliphatic carbocycles. The van der Waals surface area contributed by atoms with Crippen LogP contribution in [0, 0.1) is 13.8 Å². The number of hydrogen-bond acceptors (Lipinski definition) is 4. The molecule has 1 N–H and O–H groups in total. The van der Waals surface area contributed by atoms with E-state index in [0.717, 1.165) is 33.0 Å². The number of ether oxygens (including phenoxy) is 1. The van der Waals surface area contributed by atoms with Crippen LogP contribution in [0.3, 0.4) is 0 Å². The number of aryl methyl sites for hydroxylation is 2. The van der Waals surface area contributed by atoms with Gasteiger partial charge in [-0.1, -0.05) is 18.2 Å². The van der Waals surface area contributed by atoms with Crippen molar-refractivity contribution in [1.82, 2.24) is 5.32 Å². The van der Waals surface area contributed by atoms with Gasteiger partial charge in [0.2, 0.25) is 15.9 Å². The maximum Gasteiger partial charge on any atom is 0.243 e. The quantitative estimate of drug-likeness (QED) is 0.733. The second kappa shape index (κ2) is 9.10. The van der Waals surface area contributed by atoms with Gasteiger partial charge in [0.1, 0.15) is 11.8 Å². The van der Waals surface area contributed by atoms with Crippen LogP contribution in [0.25, 0.3) is 0 Å². The normalized spacial score (nSPS) is 12.3. The van der Waals surface area contributed by atoms with E-state index in [0.29, 0.717) is 18.8 Å². The molecule has 0 aliphatic heterocycles. The molecule has 1 amide bonds. The van der Waals surface area contributed by atoms with E-state index < -0.39 is 16.1 Å². The SMILES string of the molecule is CCOc1ccc(CNC(=O)[C@H](C)N(c2ccc(C)c(C)c2)S(C)(=O)=O)cc1. The zero-order chi connectivity index (χ0) is 20.9. The fourth-order valence-electron chi connectivity index (χ4n) is 2.88. The molecular weight excluding hydrogens is 376 g/mol. The van der Waals surface area contributed by atoms with Crippen LogP contribution in [0.2, 0.25) is 0 Å². The summed E-state index contributed by atoms with van der Waals surface area (Å²) in [5.74, 6) is 0.404. The van der Waals surface area contributed by atoms with Crippen molar-refractivity contribution in [1.29, 1.82) is 0 Å². The van der Waals surface area contributed by atoms with Crippen LogP contribution in [0.5, 0.6) is 5.75 Å². The molecule has 0 saturated heterocycles. The van der Waals surface area contributed by atoms with Crippen LogP contribution in [0.4, 0.5) is 5.69 Å². The lowest BCUT2D eigenvalue weighted by atomic mass is 10.1. The number of carbonyl (C=O) groups excluding carboxylic acids is 1. The van der Waals surface area contributed by atoms with E-state index >= 15 is 0 Å². The predicted molar refractivity (Wildman–Crippen MR) is 112 cm³/mol. The summed E-state index contributed by atoms with van der Waals surface area (Å²) >= 11 is 0. The molecule has 0 fully saturated rings. The monoisotopic (exact) mass is 404 g/mol. The van der Waals surface area contributed by atoms with Crippen LogP contribution in [-0.4, -0.2) is 33.2 Å². The minimum absolute atomic E-state index is 0.306. The molecule has 6 nitrogen and oxygen atoms in total. The maximum absolute atomic E-state index is 12.7. The van der Waals surface area contributed by atoms with Gasteiger partial charge >= 0.3 is 0 Å². The summed E-state index contributed by atoms with van der Waals surface area (Å²) in [6.07, 6.45) is 1.11. The van der Waals surface area contributed by atoms with E-state index in [1.165, 1.54) is 0 Å². The Morgan fingerprint density at radius 1 is 1.11 bits per heavy atom. The number of nitrogens with one attached hydrogen (secondary N) is 1. The molecule has 0 aliphatic rings. The molecule has 28 heavy (non-hydrogen) atoms. The molecule has 0 radical (unpaired) electrons. The van der Waals surface area contributed by atoms with E-state index in [1.807, 2.05) is 51.1 Å². The second-order valence-corrected chi connectivity index (χ2v) is 8.66. The third-order valence-corrected chi connectivity index (χ3v) is 5.78. The topological polar surface area (TPSA) is 75.7 Å². The molecule has 2 rings (SSSR count). The summed E-state index contributed by atoms with van der Waals surface area (Å²) in [4.78, 5) is 12.7. The fourth-order valence-corrected chi connectivity index (χ4v) is 4.05. The zero-order valence-electron chi connectivity index (χ0n) is 17.0. The van der Waals surface area contributed by atoms with Gasteiger partial charge in [0, 0.05) is 6.54 Å². The molecule has 0 bridgehead atoms. The molecule has 0 saturated carbocycles. The number of anilines is 1. The summed E-state index contributed by atoms with van der Waals surface area (Å²) in [7, 11) is -3.63. The molecule has 0 spiro atoms. The Morgan fingerprint density at radius 2 is 1.75 bits per heavy atom. The van der Waals surface area contributed by atoms with Gasteiger partial charge in [-0.25, -0.2) is 8.42 Å². The lowest BCUT2D eigenvalue weighted by Gasteiger charge is -2.28. The largest absolute Gasteiger partial charge is 0.494 e. The minimum atomic E-state index is -3.63. The highest BCUT2D eigenvalue weighted by molar-refractivity contribution is 7.92. The number of benzene rings is 2. The highest BCUT2D eigenvalue weighted by Gasteiger charge is 2.29. The van der Waals surface area contributed by atoms with Gasteiger partial charge in [0.05, 0.1) is 18.6 Å². The van der Waals surface area contributed by atoms with Gasteiger partial charge in [-0.2, -0.15) is 0 Å². The van der Waals surface area contributed by atoms with E-state index in [-0.39, 0.29) is 5.91 Å². The van der Waals surface area contributed by atoms with Crippen molar-refractivity contribution in [3.63, 3.8) is 0 Å². The number of rotatable bonds is 8. The predicted octanol–water partition coefficient (Wildman–Crippen LogP) is 3.17. The number of carbonyl (C=O) groups is 1. The number of amides is 1. The summed E-state index contributed by atoms with van der Waals surface area (Å²) in [5, 5.41) is 2.81. The highest BCUT2D eigenvalue weighted by atomic mass is 32.2. The Balaban J connectivity index is 2.14. The van der Waals surface area contributed by atoms with Gasteiger partial charge in [-0.05, 0) is 68.7 Å². The van der Waals surface area contributed by atoms with E-state index in [2.05, 4.69) is 5.32 Å². The first-order chi connectivity index (χ1) is 13.1. The van der Waals surface area contributed by atoms with Crippen LogP contribution >= 0.6 is 0 Å². The van der Waals surface area contributed by atoms with Crippen LogP contribution in [-0.2, 0) is 21.4 Å². The number of sulfonamides is 1. The summed E-state index contributed by atoms with van der Waals surface area (Å²) in [5.41, 5.74) is 3.41. The van der Waals surface area contributed by atoms with Crippen molar-refractivity contribution in [3.05, 3.63) is 59.2 Å². The maximum atomic E-state index is 12.7. The molecule has 152 valence electrons. The van der Waals surface area contributed by atoms with Gasteiger partial charge in [-0.3, -0.25) is 9.10 Å². The third-order valence-electron chi connectivity index (χ3n) is 4.53. The second-order valence-electron chi connectivity index (χ2n) is 6.80. The van der Waals surface area contributed by atoms with E-state index in [9.17, 15) is 13.2 Å². The minimum Gasteiger partial charge on any atom is -0.494 e. The summed E-state index contributed by atoms with van der Waals surface area (Å²) in [6, 6.07) is 11.9. The average Bonchev–Trinajstić information content (AvgIpc) is 2.63. The third kappa shape index (κ3) is 5.48. The highest BCUT2D eigenvalue weighted by Crippen LogP contribution is 2.24. The van der Waals surface area contributed by atoms with Gasteiger partial charge in [0.15, 0.2) is 0 Å². The van der Waals surface area contributed by atoms with Gasteiger partial charge in [0.25, 0.3) is 0 Å². The fraction of sp³-hybridized carbons (Fsp3) is 0.381. The molecular formula is C21H28N2O4S. The Morgan fingerprint density at radius 3 is 2.29 bits per heavy atom. The molecule has 1 atom stereocenters. The first kappa shape index (κ1) is 21.8. The van der Waals surface area contributed by atoms with Crippen LogP contribution < -0.4 is 14.4 Å². The van der Waals surface area contributed by atoms with E-state index in [1.54, 1.807) is 19.1 Å². The summed E-state index contributed by atoms with van der Waals surface area (Å²) < 4.78 is 31.3. The van der Waals surface area contributed by atoms with Gasteiger partial charge in [-0.15, -0.1) is 0 Å². The Hall–Kier alpha value is -2.54. The van der Waals surface area contributed by atoms with Crippen molar-refractivity contribution in [2.45, 2.75) is 40.3 Å². The molecule has 0 unspecified atom stereocenters. The zero-order valence-corrected chi connectivity index (χ0v) is 17.8. The molecule has 2 aromatic rings. The molecule has 7 heteroatoms. The molecule has 2 aromatic carbocycles. The Kier molecular flexibility index (Phi) is 7.07. The first-order valence-corrected chi connectivity index (χ1v) is 11.0. The number of hydrogen-bond donors (Lipinski definition) is 1. The van der Waals surface area contributed by atoms with Crippen molar-refractivity contribution in [2.24, 2.45) is 0 Å². The van der Waals surface area contributed by atoms with Crippen molar-refractivity contribution in [2.75, 3.05) is 17.2 Å². The Labute approximate surface area is 167 Å². The molecule has 0 heterocycles. The van der Waals surface area contributed by atoms with Crippen molar-refractivity contribution < 1.29 is 17.9 Å². The smallest absolute Gasteiger partial charge is 0.243 e. The van der Waals surface area contributed by atoms with Crippen molar-refractivity contribution >= 4 is 21.6 Å². The average molecular weight is 405 g/mol. The number of nitrogens with zero attached hydrogens (tertiary/aromatic N) is 1. The van der Waals surface area contributed by atoms with Crippen molar-refractivity contribution in [3.8, 4) is 5.75 Å². The Bertz CT molecular complexity index is 924. The first-order valence-electron chi connectivity index (χ1n) is 9.19. The lowest BCUT2D eigenvalue weighted by molar-refractivity contribution is -0.122. The van der Waals surface area contributed by atoms with Gasteiger partial charge < -0.3 is 10.1 Å². The molecule has 0 aromatic heterocycles. The summed E-state index contributed by atoms with van der Waals surface area (Å²) in [6.45, 7) is 8.27. The van der Waals surface area contributed by atoms with Crippen LogP contribution in [0.1, 0.15) is 30.5 Å². The lowest BCUT2D eigenvalue weighted by Crippen LogP contribution is -2.47. The standard InChI is InChI=1S/C21H28N2O4S/c1-6-27-20-11-8-18(9-12-20)14-22-21(24)17(4)23(28(5,25)26)19-10-7-15(2)16(3)13-19/h7-13,17H,6,14H2,1-5H3,(H,22,24)/t17-/m0/s1. The van der Waals surface area contributed by atoms with E-state index in [4.69, 9.17) is 4.74 Å².